The highest BCUT2D eigenvalue weighted by Crippen LogP contribution is 2.27. The maximum atomic E-state index is 12.2. The maximum absolute atomic E-state index is 12.2. The number of aliphatic hydroxyl groups is 1. The molecular formula is C17H22O8. The molecular weight excluding hydrogens is 332 g/mol. The topological polar surface area (TPSA) is 116 Å². The van der Waals surface area contributed by atoms with Crippen molar-refractivity contribution >= 4 is 23.7 Å². The summed E-state index contributed by atoms with van der Waals surface area (Å²) in [5, 5.41) is 10.7. The van der Waals surface area contributed by atoms with Gasteiger partial charge in [-0.2, -0.15) is 0 Å². The van der Waals surface area contributed by atoms with Gasteiger partial charge in [0.15, 0.2) is 11.5 Å². The van der Waals surface area contributed by atoms with E-state index in [2.05, 4.69) is 19.7 Å². The van der Waals surface area contributed by atoms with Crippen molar-refractivity contribution < 1.29 is 38.5 Å². The minimum Gasteiger partial charge on any atom is -0.461 e. The van der Waals surface area contributed by atoms with Gasteiger partial charge in [0.05, 0.1) is 6.42 Å². The Kier molecular flexibility index (Phi) is 9.73. The Morgan fingerprint density at radius 1 is 0.960 bits per heavy atom. The number of carbonyl (C=O) groups is 4. The summed E-state index contributed by atoms with van der Waals surface area (Å²) in [5.41, 5.74) is -2.79. The third kappa shape index (κ3) is 6.72. The van der Waals surface area contributed by atoms with E-state index in [1.165, 1.54) is 18.2 Å². The number of carbonyl (C=O) groups excluding carboxylic acids is 4. The van der Waals surface area contributed by atoms with E-state index in [0.717, 1.165) is 6.92 Å². The van der Waals surface area contributed by atoms with Crippen molar-refractivity contribution in [3.8, 4) is 0 Å². The molecule has 0 aromatic heterocycles. The number of hydrogen-bond donors (Lipinski definition) is 1. The van der Waals surface area contributed by atoms with Crippen molar-refractivity contribution in [2.75, 3.05) is 19.8 Å². The lowest BCUT2D eigenvalue weighted by molar-refractivity contribution is -0.186. The second-order valence-electron chi connectivity index (χ2n) is 4.92. The number of hydrogen-bond acceptors (Lipinski definition) is 8. The predicted molar refractivity (Wildman–Crippen MR) is 87.2 cm³/mol. The van der Waals surface area contributed by atoms with Gasteiger partial charge >= 0.3 is 17.9 Å². The Hall–Kier alpha value is -2.74. The van der Waals surface area contributed by atoms with Crippen LogP contribution >= 0.6 is 0 Å². The normalized spacial score (nSPS) is 13.5. The molecule has 0 aliphatic carbocycles. The lowest BCUT2D eigenvalue weighted by Gasteiger charge is -2.30. The van der Waals surface area contributed by atoms with E-state index in [0.29, 0.717) is 0 Å². The minimum absolute atomic E-state index is 0.178. The van der Waals surface area contributed by atoms with Gasteiger partial charge in [0, 0.05) is 0 Å². The third-order valence-electron chi connectivity index (χ3n) is 2.93. The van der Waals surface area contributed by atoms with Crippen molar-refractivity contribution in [2.45, 2.75) is 18.9 Å². The van der Waals surface area contributed by atoms with Crippen molar-refractivity contribution in [2.24, 2.45) is 5.92 Å². The van der Waals surface area contributed by atoms with Crippen LogP contribution in [0.1, 0.15) is 13.3 Å². The first-order chi connectivity index (χ1) is 11.7. The van der Waals surface area contributed by atoms with Crippen molar-refractivity contribution in [1.29, 1.82) is 0 Å². The van der Waals surface area contributed by atoms with Gasteiger partial charge in [-0.3, -0.25) is 14.4 Å². The average Bonchev–Trinajstić information content (AvgIpc) is 2.55. The Morgan fingerprint density at radius 3 is 1.92 bits per heavy atom. The zero-order valence-electron chi connectivity index (χ0n) is 14.1. The number of rotatable bonds is 12. The maximum Gasteiger partial charge on any atom is 0.340 e. The van der Waals surface area contributed by atoms with Crippen molar-refractivity contribution in [1.82, 2.24) is 0 Å². The van der Waals surface area contributed by atoms with Gasteiger partial charge in [-0.25, -0.2) is 4.79 Å². The van der Waals surface area contributed by atoms with Crippen LogP contribution in [0.5, 0.6) is 0 Å². The molecule has 1 N–H and O–H groups in total. The monoisotopic (exact) mass is 354 g/mol. The van der Waals surface area contributed by atoms with E-state index in [1.807, 2.05) is 0 Å². The Morgan fingerprint density at radius 2 is 1.44 bits per heavy atom. The molecule has 0 aliphatic rings. The van der Waals surface area contributed by atoms with Crippen LogP contribution in [0.3, 0.4) is 0 Å². The summed E-state index contributed by atoms with van der Waals surface area (Å²) >= 11 is 0. The predicted octanol–water partition coefficient (Wildman–Crippen LogP) is 0.500. The molecule has 0 amide bonds. The van der Waals surface area contributed by atoms with E-state index >= 15 is 0 Å². The van der Waals surface area contributed by atoms with Crippen LogP contribution in [-0.4, -0.2) is 54.2 Å². The fourth-order valence-electron chi connectivity index (χ4n) is 1.90. The van der Waals surface area contributed by atoms with Crippen LogP contribution in [-0.2, 0) is 33.4 Å². The number of esters is 3. The summed E-state index contributed by atoms with van der Waals surface area (Å²) in [6, 6.07) is 0. The zero-order chi connectivity index (χ0) is 19.5. The van der Waals surface area contributed by atoms with Crippen LogP contribution in [0, 0.1) is 5.92 Å². The molecule has 0 spiro atoms. The van der Waals surface area contributed by atoms with Crippen LogP contribution in [0.15, 0.2) is 38.0 Å². The highest BCUT2D eigenvalue weighted by Gasteiger charge is 2.54. The number of ketones is 1. The molecule has 0 rings (SSSR count). The van der Waals surface area contributed by atoms with E-state index in [4.69, 9.17) is 14.2 Å². The van der Waals surface area contributed by atoms with Crippen LogP contribution in [0.4, 0.5) is 0 Å². The van der Waals surface area contributed by atoms with Gasteiger partial charge in [-0.1, -0.05) is 38.0 Å². The summed E-state index contributed by atoms with van der Waals surface area (Å²) < 4.78 is 14.2. The van der Waals surface area contributed by atoms with Crippen molar-refractivity contribution in [3.05, 3.63) is 38.0 Å². The van der Waals surface area contributed by atoms with E-state index in [1.54, 1.807) is 0 Å². The van der Waals surface area contributed by atoms with Gasteiger partial charge in [-0.15, -0.1) is 0 Å². The van der Waals surface area contributed by atoms with Gasteiger partial charge in [-0.05, 0) is 6.92 Å². The molecule has 0 fully saturated rings. The lowest BCUT2D eigenvalue weighted by Crippen LogP contribution is -2.54. The molecule has 0 heterocycles. The zero-order valence-corrected chi connectivity index (χ0v) is 14.1. The highest BCUT2D eigenvalue weighted by atomic mass is 16.6. The smallest absolute Gasteiger partial charge is 0.340 e. The second kappa shape index (κ2) is 10.9. The van der Waals surface area contributed by atoms with E-state index < -0.39 is 41.6 Å². The quantitative estimate of drug-likeness (QED) is 0.233. The Labute approximate surface area is 145 Å². The molecule has 0 aromatic carbocycles. The molecule has 0 aromatic rings. The van der Waals surface area contributed by atoms with Crippen LogP contribution < -0.4 is 0 Å². The molecule has 25 heavy (non-hydrogen) atoms. The van der Waals surface area contributed by atoms with Crippen molar-refractivity contribution in [3.63, 3.8) is 0 Å². The third-order valence-corrected chi connectivity index (χ3v) is 2.93. The number of Topliss-reactive ketones (excluding diaryl/α,β-unsaturated/α-hetero) is 1. The first-order valence-corrected chi connectivity index (χ1v) is 7.29. The van der Waals surface area contributed by atoms with Crippen LogP contribution in [0.2, 0.25) is 0 Å². The summed E-state index contributed by atoms with van der Waals surface area (Å²) in [5.74, 6) is -6.42. The second-order valence-corrected chi connectivity index (χ2v) is 4.92. The first kappa shape index (κ1) is 22.3. The molecule has 0 aliphatic heterocycles. The molecule has 8 heteroatoms. The standard InChI is InChI=1S/C17H22O8/c1-5-8-23-13(19)11-17(22,16(21)25-10-7-3)14(12(4)18)15(20)24-9-6-2/h5-7,14,22H,1-3,8-11H2,4H3. The van der Waals surface area contributed by atoms with Gasteiger partial charge in [0.1, 0.15) is 25.6 Å². The summed E-state index contributed by atoms with van der Waals surface area (Å²) in [6.07, 6.45) is 2.74. The van der Waals surface area contributed by atoms with Crippen LogP contribution in [0.25, 0.3) is 0 Å². The fourth-order valence-corrected chi connectivity index (χ4v) is 1.90. The fraction of sp³-hybridized carbons (Fsp3) is 0.412. The number of ether oxygens (including phenoxy) is 3. The lowest BCUT2D eigenvalue weighted by atomic mass is 9.81. The SMILES string of the molecule is C=CCOC(=O)CC(O)(C(=O)OCC=C)C(C(C)=O)C(=O)OCC=C. The minimum atomic E-state index is -2.79. The Balaban J connectivity index is 5.72. The Bertz CT molecular complexity index is 551. The summed E-state index contributed by atoms with van der Waals surface area (Å²) in [7, 11) is 0. The molecule has 2 atom stereocenters. The van der Waals surface area contributed by atoms with Gasteiger partial charge in [0.25, 0.3) is 0 Å². The van der Waals surface area contributed by atoms with E-state index in [-0.39, 0.29) is 19.8 Å². The molecule has 0 saturated carbocycles. The molecule has 138 valence electrons. The molecule has 0 saturated heterocycles. The summed E-state index contributed by atoms with van der Waals surface area (Å²) in [4.78, 5) is 48.1. The average molecular weight is 354 g/mol. The molecule has 2 unspecified atom stereocenters. The summed E-state index contributed by atoms with van der Waals surface area (Å²) in [6.45, 7) is 10.3. The van der Waals surface area contributed by atoms with E-state index in [9.17, 15) is 24.3 Å². The molecule has 8 nitrogen and oxygen atoms in total. The van der Waals surface area contributed by atoms with Gasteiger partial charge < -0.3 is 19.3 Å². The van der Waals surface area contributed by atoms with Gasteiger partial charge in [0.2, 0.25) is 0 Å². The molecule has 0 bridgehead atoms. The largest absolute Gasteiger partial charge is 0.461 e. The highest BCUT2D eigenvalue weighted by molar-refractivity contribution is 6.05. The molecule has 0 radical (unpaired) electrons. The first-order valence-electron chi connectivity index (χ1n) is 7.29.